The second-order valence-corrected chi connectivity index (χ2v) is 11.7. The van der Waals surface area contributed by atoms with Gasteiger partial charge in [-0.25, -0.2) is 19.4 Å². The van der Waals surface area contributed by atoms with Crippen molar-refractivity contribution in [2.75, 3.05) is 26.7 Å². The van der Waals surface area contributed by atoms with Crippen molar-refractivity contribution in [2.24, 2.45) is 12.5 Å². The fourth-order valence-corrected chi connectivity index (χ4v) is 5.73. The highest BCUT2D eigenvalue weighted by molar-refractivity contribution is 5.85. The number of benzene rings is 1. The Morgan fingerprint density at radius 3 is 1.83 bits per heavy atom. The number of piperidine rings is 1. The topological polar surface area (TPSA) is 175 Å². The zero-order valence-corrected chi connectivity index (χ0v) is 28.3. The van der Waals surface area contributed by atoms with Gasteiger partial charge >= 0.3 is 36.4 Å². The number of hydrogen-bond donors (Lipinski definition) is 3. The summed E-state index contributed by atoms with van der Waals surface area (Å²) in [5.74, 6) is -7.26. The normalized spacial score (nSPS) is 18.7. The summed E-state index contributed by atoms with van der Waals surface area (Å²) in [7, 11) is 3.63. The van der Waals surface area contributed by atoms with E-state index in [-0.39, 0.29) is 11.8 Å². The van der Waals surface area contributed by atoms with Gasteiger partial charge < -0.3 is 25.0 Å². The molecular weight excluding hydrogens is 753 g/mol. The summed E-state index contributed by atoms with van der Waals surface area (Å²) >= 11 is 0. The van der Waals surface area contributed by atoms with E-state index < -0.39 is 41.9 Å². The van der Waals surface area contributed by atoms with Crippen molar-refractivity contribution in [1.82, 2.24) is 24.6 Å². The Hall–Kier alpha value is -5.41. The number of aromatic nitrogens is 3. The number of carboxylic acids is 3. The van der Waals surface area contributed by atoms with Gasteiger partial charge in [-0.2, -0.15) is 44.6 Å². The largest absolute Gasteiger partial charge is 0.490 e. The molecule has 0 unspecified atom stereocenters. The van der Waals surface area contributed by atoms with E-state index in [1.807, 2.05) is 42.2 Å². The van der Waals surface area contributed by atoms with Gasteiger partial charge in [0.2, 0.25) is 11.8 Å². The third-order valence-electron chi connectivity index (χ3n) is 7.97. The van der Waals surface area contributed by atoms with Crippen molar-refractivity contribution in [3.05, 3.63) is 77.7 Å². The quantitative estimate of drug-likeness (QED) is 0.283. The summed E-state index contributed by atoms with van der Waals surface area (Å²) in [5, 5.41) is 25.8. The van der Waals surface area contributed by atoms with E-state index in [1.165, 1.54) is 5.56 Å². The van der Waals surface area contributed by atoms with Gasteiger partial charge in [0, 0.05) is 69.3 Å². The molecule has 2 saturated heterocycles. The minimum absolute atomic E-state index is 0.0961. The first kappa shape index (κ1) is 44.7. The highest BCUT2D eigenvalue weighted by Gasteiger charge is 2.56. The molecule has 4 heterocycles. The van der Waals surface area contributed by atoms with E-state index in [0.717, 1.165) is 43.7 Å². The Kier molecular flexibility index (Phi) is 15.4. The van der Waals surface area contributed by atoms with Crippen LogP contribution in [-0.2, 0) is 39.3 Å². The lowest BCUT2D eigenvalue weighted by molar-refractivity contribution is -0.193. The van der Waals surface area contributed by atoms with Crippen LogP contribution in [0.5, 0.6) is 5.88 Å². The third-order valence-corrected chi connectivity index (χ3v) is 7.97. The van der Waals surface area contributed by atoms with E-state index >= 15 is 0 Å². The monoisotopic (exact) mass is 787 g/mol. The number of hydrogen-bond acceptors (Lipinski definition) is 8. The number of carbonyl (C=O) groups excluding carboxylic acids is 1. The molecule has 1 amide bonds. The highest BCUT2D eigenvalue weighted by atomic mass is 19.4. The molecule has 13 nitrogen and oxygen atoms in total. The number of nitrogens with zero attached hydrogens (tertiary/aromatic N) is 5. The number of amides is 1. The molecule has 2 atom stereocenters. The van der Waals surface area contributed by atoms with E-state index in [2.05, 4.69) is 44.1 Å². The van der Waals surface area contributed by atoms with Crippen molar-refractivity contribution in [2.45, 2.75) is 50.4 Å². The van der Waals surface area contributed by atoms with E-state index in [0.29, 0.717) is 19.0 Å². The molecule has 2 fully saturated rings. The molecule has 22 heteroatoms. The lowest BCUT2D eigenvalue weighted by atomic mass is 9.70. The second kappa shape index (κ2) is 18.6. The third kappa shape index (κ3) is 12.6. The minimum Gasteiger partial charge on any atom is -0.481 e. The summed E-state index contributed by atoms with van der Waals surface area (Å²) in [6.07, 6.45) is -9.76. The number of methoxy groups -OCH3 is 1. The molecule has 5 rings (SSSR count). The molecule has 2 aromatic heterocycles. The number of likely N-dealkylation sites (tertiary alicyclic amines) is 2. The van der Waals surface area contributed by atoms with Crippen molar-refractivity contribution < 1.29 is 78.7 Å². The van der Waals surface area contributed by atoms with Gasteiger partial charge in [0.15, 0.2) is 0 Å². The van der Waals surface area contributed by atoms with Crippen LogP contribution in [0.2, 0.25) is 0 Å². The number of aryl methyl sites for hydroxylation is 1. The number of aliphatic carboxylic acids is 3. The Labute approximate surface area is 300 Å². The van der Waals surface area contributed by atoms with Gasteiger partial charge in [0.1, 0.15) is 0 Å². The molecule has 2 aliphatic rings. The average Bonchev–Trinajstić information content (AvgIpc) is 3.66. The molecule has 0 saturated carbocycles. The lowest BCUT2D eigenvalue weighted by Crippen LogP contribution is -2.52. The SMILES string of the molecule is COc1ncccc1CN1C[C@@H](c2ccnn2C)[C@@]2(CCCN(Cc3ccccc3)C2=O)C1.O=C(O)C(F)(F)F.O=C(O)C(F)(F)F.O=C(O)C(F)(F)F. The van der Waals surface area contributed by atoms with E-state index in [4.69, 9.17) is 34.4 Å². The molecule has 3 aromatic rings. The Balaban J connectivity index is 0.000000393. The number of carbonyl (C=O) groups is 4. The fourth-order valence-electron chi connectivity index (χ4n) is 5.73. The molecule has 3 N–H and O–H groups in total. The number of alkyl halides is 9. The summed E-state index contributed by atoms with van der Waals surface area (Å²) in [5.41, 5.74) is 2.90. The fraction of sp³-hybridized carbons (Fsp3) is 0.438. The maximum absolute atomic E-state index is 14.1. The maximum atomic E-state index is 14.1. The summed E-state index contributed by atoms with van der Waals surface area (Å²) in [6.45, 7) is 3.71. The predicted molar refractivity (Wildman–Crippen MR) is 167 cm³/mol. The van der Waals surface area contributed by atoms with Crippen LogP contribution >= 0.6 is 0 Å². The summed E-state index contributed by atoms with van der Waals surface area (Å²) in [6, 6.07) is 16.4. The van der Waals surface area contributed by atoms with Crippen molar-refractivity contribution in [1.29, 1.82) is 0 Å². The molecule has 298 valence electrons. The summed E-state index contributed by atoms with van der Waals surface area (Å²) < 4.78 is 103. The van der Waals surface area contributed by atoms with Crippen molar-refractivity contribution in [3.8, 4) is 5.88 Å². The molecule has 1 aromatic carbocycles. The van der Waals surface area contributed by atoms with Gasteiger partial charge in [0.05, 0.1) is 12.5 Å². The van der Waals surface area contributed by atoms with Gasteiger partial charge in [-0.05, 0) is 30.5 Å². The first-order valence-electron chi connectivity index (χ1n) is 15.4. The van der Waals surface area contributed by atoms with Crippen molar-refractivity contribution >= 4 is 23.8 Å². The smallest absolute Gasteiger partial charge is 0.481 e. The van der Waals surface area contributed by atoms with Crippen LogP contribution in [0.25, 0.3) is 0 Å². The van der Waals surface area contributed by atoms with Crippen LogP contribution in [0, 0.1) is 5.41 Å². The van der Waals surface area contributed by atoms with Crippen LogP contribution in [0.4, 0.5) is 39.5 Å². The predicted octanol–water partition coefficient (Wildman–Crippen LogP) is 5.13. The lowest BCUT2D eigenvalue weighted by Gasteiger charge is -2.42. The molecule has 0 radical (unpaired) electrons. The number of ether oxygens (including phenoxy) is 1. The van der Waals surface area contributed by atoms with Crippen molar-refractivity contribution in [3.63, 3.8) is 0 Å². The van der Waals surface area contributed by atoms with E-state index in [1.54, 1.807) is 13.3 Å². The van der Waals surface area contributed by atoms with Crippen LogP contribution in [0.15, 0.2) is 60.9 Å². The Bertz CT molecular complexity index is 1660. The molecule has 2 aliphatic heterocycles. The van der Waals surface area contributed by atoms with Gasteiger partial charge in [-0.1, -0.05) is 36.4 Å². The molecule has 0 aliphatic carbocycles. The van der Waals surface area contributed by atoms with Crippen LogP contribution in [-0.4, -0.2) is 109 Å². The van der Waals surface area contributed by atoms with Crippen LogP contribution in [0.1, 0.15) is 35.6 Å². The molecule has 1 spiro atoms. The number of carboxylic acid groups (broad SMARTS) is 3. The maximum Gasteiger partial charge on any atom is 0.490 e. The van der Waals surface area contributed by atoms with Gasteiger partial charge in [0.25, 0.3) is 0 Å². The first-order chi connectivity index (χ1) is 24.9. The minimum atomic E-state index is -5.08. The standard InChI is InChI=1S/C26H31N5O2.3C2HF3O2/c1-29-23(11-14-28-29)22-18-30(17-21-10-6-13-27-24(21)33-2)19-26(22)12-7-15-31(25(26)32)16-20-8-4-3-5-9-20;3*3-2(4,5)1(6)7/h3-6,8-11,13-14,22H,7,12,15-19H2,1-2H3;3*(H,6,7)/t22-,26+;;;/m0.../s1. The molecular formula is C32H34F9N5O8. The Morgan fingerprint density at radius 2 is 1.37 bits per heavy atom. The average molecular weight is 788 g/mol. The van der Waals surface area contributed by atoms with Crippen LogP contribution in [0.3, 0.4) is 0 Å². The highest BCUT2D eigenvalue weighted by Crippen LogP contribution is 2.50. The van der Waals surface area contributed by atoms with E-state index in [9.17, 15) is 44.3 Å². The van der Waals surface area contributed by atoms with Gasteiger partial charge in [-0.3, -0.25) is 14.4 Å². The number of rotatable bonds is 6. The van der Waals surface area contributed by atoms with Crippen LogP contribution < -0.4 is 4.74 Å². The zero-order valence-electron chi connectivity index (χ0n) is 28.3. The zero-order chi connectivity index (χ0) is 41.1. The number of halogens is 9. The van der Waals surface area contributed by atoms with Gasteiger partial charge in [-0.15, -0.1) is 0 Å². The first-order valence-corrected chi connectivity index (χ1v) is 15.4. The summed E-state index contributed by atoms with van der Waals surface area (Å²) in [4.78, 5) is 49.6. The second-order valence-electron chi connectivity index (χ2n) is 11.7. The Morgan fingerprint density at radius 1 is 0.833 bits per heavy atom. The molecule has 0 bridgehead atoms. The number of pyridine rings is 1. The molecule has 54 heavy (non-hydrogen) atoms.